The third-order valence-electron chi connectivity index (χ3n) is 4.59. The molecule has 1 saturated heterocycles. The smallest absolute Gasteiger partial charge is 0.410 e. The summed E-state index contributed by atoms with van der Waals surface area (Å²) < 4.78 is 7.46. The van der Waals surface area contributed by atoms with Crippen molar-refractivity contribution in [2.75, 3.05) is 13.1 Å². The van der Waals surface area contributed by atoms with Gasteiger partial charge in [0.25, 0.3) is 0 Å². The first-order chi connectivity index (χ1) is 12.7. The van der Waals surface area contributed by atoms with Gasteiger partial charge in [-0.3, -0.25) is 14.6 Å². The summed E-state index contributed by atoms with van der Waals surface area (Å²) in [5.74, 6) is 0.136. The Morgan fingerprint density at radius 1 is 1.26 bits per heavy atom. The van der Waals surface area contributed by atoms with Crippen molar-refractivity contribution in [3.63, 3.8) is 0 Å². The van der Waals surface area contributed by atoms with E-state index in [1.807, 2.05) is 37.8 Å². The molecule has 7 nitrogen and oxygen atoms in total. The van der Waals surface area contributed by atoms with Gasteiger partial charge in [-0.2, -0.15) is 5.10 Å². The van der Waals surface area contributed by atoms with E-state index in [-0.39, 0.29) is 18.1 Å². The van der Waals surface area contributed by atoms with Crippen LogP contribution in [0.5, 0.6) is 0 Å². The van der Waals surface area contributed by atoms with Gasteiger partial charge in [-0.25, -0.2) is 4.79 Å². The third kappa shape index (κ3) is 4.64. The fraction of sp³-hybridized carbons (Fsp3) is 0.600. The number of nitrogens with zero attached hydrogens (tertiary/aromatic N) is 5. The maximum absolute atomic E-state index is 12.5. The standard InChI is InChI=1S/C20H29N5O2/c1-14(2)25-13-16(11-23-25)18-17(21-8-9-22-18)15-7-6-10-24(12-15)19(26)27-20(3,4)5/h8-9,11,13-15H,6-7,10,12H2,1-5H3/t15-/m0/s1. The molecule has 1 amide bonds. The molecule has 0 unspecified atom stereocenters. The topological polar surface area (TPSA) is 73.1 Å². The second-order valence-corrected chi connectivity index (χ2v) is 8.36. The van der Waals surface area contributed by atoms with Crippen LogP contribution in [-0.4, -0.2) is 49.4 Å². The van der Waals surface area contributed by atoms with Gasteiger partial charge < -0.3 is 9.64 Å². The van der Waals surface area contributed by atoms with E-state index >= 15 is 0 Å². The van der Waals surface area contributed by atoms with Gasteiger partial charge in [0.15, 0.2) is 0 Å². The maximum atomic E-state index is 12.5. The first kappa shape index (κ1) is 19.3. The molecule has 1 fully saturated rings. The van der Waals surface area contributed by atoms with E-state index in [0.717, 1.165) is 29.8 Å². The molecule has 0 N–H and O–H groups in total. The Labute approximate surface area is 160 Å². The average Bonchev–Trinajstić information content (AvgIpc) is 3.11. The SMILES string of the molecule is CC(C)n1cc(-c2nccnc2[C@H]2CCCN(C(=O)OC(C)(C)C)C2)cn1. The number of hydrogen-bond acceptors (Lipinski definition) is 5. The molecule has 146 valence electrons. The molecule has 3 heterocycles. The molecule has 7 heteroatoms. The lowest BCUT2D eigenvalue weighted by Gasteiger charge is -2.34. The lowest BCUT2D eigenvalue weighted by Crippen LogP contribution is -2.42. The summed E-state index contributed by atoms with van der Waals surface area (Å²) in [4.78, 5) is 23.5. The van der Waals surface area contributed by atoms with Gasteiger partial charge in [0, 0.05) is 49.2 Å². The van der Waals surface area contributed by atoms with Gasteiger partial charge >= 0.3 is 6.09 Å². The van der Waals surface area contributed by atoms with E-state index in [1.54, 1.807) is 17.3 Å². The molecular formula is C20H29N5O2. The van der Waals surface area contributed by atoms with Gasteiger partial charge in [-0.15, -0.1) is 0 Å². The highest BCUT2D eigenvalue weighted by Crippen LogP contribution is 2.32. The Balaban J connectivity index is 1.83. The monoisotopic (exact) mass is 371 g/mol. The van der Waals surface area contributed by atoms with Crippen LogP contribution in [-0.2, 0) is 4.74 Å². The van der Waals surface area contributed by atoms with Crippen LogP contribution in [0.15, 0.2) is 24.8 Å². The van der Waals surface area contributed by atoms with Gasteiger partial charge in [-0.1, -0.05) is 0 Å². The van der Waals surface area contributed by atoms with Crippen LogP contribution in [0, 0.1) is 0 Å². The molecule has 1 aliphatic rings. The summed E-state index contributed by atoms with van der Waals surface area (Å²) in [5.41, 5.74) is 2.24. The molecule has 0 spiro atoms. The first-order valence-electron chi connectivity index (χ1n) is 9.58. The predicted molar refractivity (Wildman–Crippen MR) is 103 cm³/mol. The number of carbonyl (C=O) groups excluding carboxylic acids is 1. The fourth-order valence-corrected chi connectivity index (χ4v) is 3.31. The summed E-state index contributed by atoms with van der Waals surface area (Å²) in [6.07, 6.45) is 8.91. The van der Waals surface area contributed by atoms with Gasteiger partial charge in [-0.05, 0) is 47.5 Å². The molecule has 0 saturated carbocycles. The van der Waals surface area contributed by atoms with Crippen molar-refractivity contribution < 1.29 is 9.53 Å². The van der Waals surface area contributed by atoms with Crippen LogP contribution in [0.4, 0.5) is 4.79 Å². The normalized spacial score (nSPS) is 18.0. The number of carbonyl (C=O) groups is 1. The van der Waals surface area contributed by atoms with Crippen molar-refractivity contribution in [2.45, 2.75) is 65.0 Å². The Bertz CT molecular complexity index is 794. The number of aromatic nitrogens is 4. The Morgan fingerprint density at radius 2 is 2.00 bits per heavy atom. The summed E-state index contributed by atoms with van der Waals surface area (Å²) in [6.45, 7) is 11.2. The van der Waals surface area contributed by atoms with E-state index in [4.69, 9.17) is 4.74 Å². The Hall–Kier alpha value is -2.44. The number of rotatable bonds is 3. The van der Waals surface area contributed by atoms with Crippen molar-refractivity contribution in [2.24, 2.45) is 0 Å². The number of likely N-dealkylation sites (tertiary alicyclic amines) is 1. The van der Waals surface area contributed by atoms with Crippen molar-refractivity contribution in [3.8, 4) is 11.3 Å². The first-order valence-corrected chi connectivity index (χ1v) is 9.58. The molecule has 2 aromatic rings. The second-order valence-electron chi connectivity index (χ2n) is 8.36. The lowest BCUT2D eigenvalue weighted by atomic mass is 9.92. The van der Waals surface area contributed by atoms with Crippen LogP contribution in [0.25, 0.3) is 11.3 Å². The van der Waals surface area contributed by atoms with Crippen LogP contribution in [0.3, 0.4) is 0 Å². The van der Waals surface area contributed by atoms with Gasteiger partial charge in [0.05, 0.1) is 17.6 Å². The molecule has 1 aliphatic heterocycles. The van der Waals surface area contributed by atoms with Crippen LogP contribution < -0.4 is 0 Å². The van der Waals surface area contributed by atoms with Crippen molar-refractivity contribution in [1.82, 2.24) is 24.6 Å². The van der Waals surface area contributed by atoms with E-state index in [2.05, 4.69) is 28.9 Å². The Kier molecular flexibility index (Phi) is 5.48. The quantitative estimate of drug-likeness (QED) is 0.814. The number of ether oxygens (including phenoxy) is 1. The minimum absolute atomic E-state index is 0.136. The molecule has 27 heavy (non-hydrogen) atoms. The largest absolute Gasteiger partial charge is 0.444 e. The van der Waals surface area contributed by atoms with Crippen LogP contribution >= 0.6 is 0 Å². The van der Waals surface area contributed by atoms with E-state index in [1.165, 1.54) is 0 Å². The molecule has 0 aromatic carbocycles. The van der Waals surface area contributed by atoms with E-state index in [9.17, 15) is 4.79 Å². The Morgan fingerprint density at radius 3 is 2.67 bits per heavy atom. The molecule has 2 aromatic heterocycles. The predicted octanol–water partition coefficient (Wildman–Crippen LogP) is 4.04. The fourth-order valence-electron chi connectivity index (χ4n) is 3.31. The van der Waals surface area contributed by atoms with Gasteiger partial charge in [0.2, 0.25) is 0 Å². The molecule has 0 aliphatic carbocycles. The highest BCUT2D eigenvalue weighted by molar-refractivity contribution is 5.68. The minimum Gasteiger partial charge on any atom is -0.444 e. The highest BCUT2D eigenvalue weighted by atomic mass is 16.6. The zero-order chi connectivity index (χ0) is 19.6. The minimum atomic E-state index is -0.493. The van der Waals surface area contributed by atoms with Crippen LogP contribution in [0.1, 0.15) is 65.1 Å². The van der Waals surface area contributed by atoms with Crippen molar-refractivity contribution >= 4 is 6.09 Å². The summed E-state index contributed by atoms with van der Waals surface area (Å²) in [7, 11) is 0. The summed E-state index contributed by atoms with van der Waals surface area (Å²) in [5, 5.41) is 4.43. The zero-order valence-electron chi connectivity index (χ0n) is 16.8. The molecule has 1 atom stereocenters. The van der Waals surface area contributed by atoms with Crippen molar-refractivity contribution in [1.29, 1.82) is 0 Å². The molecule has 0 radical (unpaired) electrons. The zero-order valence-corrected chi connectivity index (χ0v) is 16.8. The number of amides is 1. The van der Waals surface area contributed by atoms with E-state index in [0.29, 0.717) is 13.1 Å². The van der Waals surface area contributed by atoms with Crippen LogP contribution in [0.2, 0.25) is 0 Å². The molecule has 0 bridgehead atoms. The third-order valence-corrected chi connectivity index (χ3v) is 4.59. The molecule has 3 rings (SSSR count). The number of hydrogen-bond donors (Lipinski definition) is 0. The van der Waals surface area contributed by atoms with E-state index < -0.39 is 5.60 Å². The second kappa shape index (κ2) is 7.66. The molecular weight excluding hydrogens is 342 g/mol. The maximum Gasteiger partial charge on any atom is 0.410 e. The average molecular weight is 371 g/mol. The number of piperidine rings is 1. The van der Waals surface area contributed by atoms with Gasteiger partial charge in [0.1, 0.15) is 5.60 Å². The summed E-state index contributed by atoms with van der Waals surface area (Å²) >= 11 is 0. The van der Waals surface area contributed by atoms with Crippen molar-refractivity contribution in [3.05, 3.63) is 30.5 Å². The lowest BCUT2D eigenvalue weighted by molar-refractivity contribution is 0.0197. The highest BCUT2D eigenvalue weighted by Gasteiger charge is 2.30. The summed E-state index contributed by atoms with van der Waals surface area (Å²) in [6, 6.07) is 0.288.